The van der Waals surface area contributed by atoms with Crippen molar-refractivity contribution < 1.29 is 23.1 Å². The third-order valence-corrected chi connectivity index (χ3v) is 3.63. The molecule has 1 amide bonds. The second-order valence-electron chi connectivity index (χ2n) is 6.90. The van der Waals surface area contributed by atoms with Gasteiger partial charge in [-0.1, -0.05) is 38.1 Å². The van der Waals surface area contributed by atoms with Gasteiger partial charge in [-0.15, -0.1) is 0 Å². The van der Waals surface area contributed by atoms with Crippen LogP contribution in [0.4, 0.5) is 13.2 Å². The van der Waals surface area contributed by atoms with E-state index in [1.807, 2.05) is 19.2 Å². The van der Waals surface area contributed by atoms with Gasteiger partial charge in [0.1, 0.15) is 0 Å². The van der Waals surface area contributed by atoms with Gasteiger partial charge in [-0.25, -0.2) is 0 Å². The number of rotatable bonds is 6. The van der Waals surface area contributed by atoms with Gasteiger partial charge in [0.2, 0.25) is 5.91 Å². The first-order valence-electron chi connectivity index (χ1n) is 7.78. The van der Waals surface area contributed by atoms with Crippen LogP contribution in [0.15, 0.2) is 24.3 Å². The molecule has 0 radical (unpaired) electrons. The Morgan fingerprint density at radius 3 is 2.08 bits per heavy atom. The van der Waals surface area contributed by atoms with Crippen molar-refractivity contribution in [3.8, 4) is 0 Å². The van der Waals surface area contributed by atoms with E-state index in [0.717, 1.165) is 0 Å². The van der Waals surface area contributed by atoms with Crippen molar-refractivity contribution in [1.82, 2.24) is 5.32 Å². The highest BCUT2D eigenvalue weighted by Crippen LogP contribution is 2.33. The lowest BCUT2D eigenvalue weighted by atomic mass is 9.95. The van der Waals surface area contributed by atoms with Crippen LogP contribution in [0.2, 0.25) is 0 Å². The van der Waals surface area contributed by atoms with E-state index in [2.05, 4.69) is 0 Å². The second-order valence-corrected chi connectivity index (χ2v) is 6.90. The zero-order valence-electron chi connectivity index (χ0n) is 14.3. The standard InChI is InChI=1S/C17H25F3N2O2/c1-10(2)9-13(21)15(23)22-14(17(18,19)20)11-5-7-12(8-6-11)16(3,4)24/h5-8,10,13-14,24H,9,21H2,1-4H3,(H,22,23)/t13-,14-/m0/s1. The van der Waals surface area contributed by atoms with E-state index in [-0.39, 0.29) is 11.5 Å². The van der Waals surface area contributed by atoms with Crippen LogP contribution in [0, 0.1) is 5.92 Å². The van der Waals surface area contributed by atoms with Crippen molar-refractivity contribution in [2.24, 2.45) is 11.7 Å². The monoisotopic (exact) mass is 346 g/mol. The third-order valence-electron chi connectivity index (χ3n) is 3.63. The zero-order valence-corrected chi connectivity index (χ0v) is 14.3. The third kappa shape index (κ3) is 5.79. The number of aliphatic hydroxyl groups is 1. The van der Waals surface area contributed by atoms with Gasteiger partial charge in [-0.3, -0.25) is 4.79 Å². The van der Waals surface area contributed by atoms with Crippen LogP contribution in [0.1, 0.15) is 51.3 Å². The molecular formula is C17H25F3N2O2. The van der Waals surface area contributed by atoms with E-state index < -0.39 is 29.8 Å². The lowest BCUT2D eigenvalue weighted by Crippen LogP contribution is -2.46. The molecule has 24 heavy (non-hydrogen) atoms. The second kappa shape index (κ2) is 7.53. The summed E-state index contributed by atoms with van der Waals surface area (Å²) < 4.78 is 40.0. The highest BCUT2D eigenvalue weighted by atomic mass is 19.4. The first-order valence-corrected chi connectivity index (χ1v) is 7.78. The number of benzene rings is 1. The molecule has 7 heteroatoms. The maximum absolute atomic E-state index is 13.3. The van der Waals surface area contributed by atoms with Gasteiger partial charge >= 0.3 is 6.18 Å². The van der Waals surface area contributed by atoms with Crippen molar-refractivity contribution in [1.29, 1.82) is 0 Å². The molecular weight excluding hydrogens is 321 g/mol. The van der Waals surface area contributed by atoms with Crippen molar-refractivity contribution in [2.45, 2.75) is 58.0 Å². The Morgan fingerprint density at radius 1 is 1.21 bits per heavy atom. The van der Waals surface area contributed by atoms with Crippen LogP contribution in [-0.2, 0) is 10.4 Å². The van der Waals surface area contributed by atoms with E-state index in [4.69, 9.17) is 5.73 Å². The fourth-order valence-electron chi connectivity index (χ4n) is 2.30. The van der Waals surface area contributed by atoms with Gasteiger partial charge in [0.05, 0.1) is 11.6 Å². The summed E-state index contributed by atoms with van der Waals surface area (Å²) >= 11 is 0. The molecule has 4 N–H and O–H groups in total. The molecule has 4 nitrogen and oxygen atoms in total. The number of carbonyl (C=O) groups excluding carboxylic acids is 1. The van der Waals surface area contributed by atoms with E-state index >= 15 is 0 Å². The Balaban J connectivity index is 3.00. The summed E-state index contributed by atoms with van der Waals surface area (Å²) in [5.74, 6) is -0.737. The van der Waals surface area contributed by atoms with Gasteiger partial charge in [0.15, 0.2) is 6.04 Å². The van der Waals surface area contributed by atoms with Crippen LogP contribution in [0.25, 0.3) is 0 Å². The molecule has 0 aliphatic rings. The quantitative estimate of drug-likeness (QED) is 0.741. The highest BCUT2D eigenvalue weighted by molar-refractivity contribution is 5.82. The van der Waals surface area contributed by atoms with Crippen LogP contribution >= 0.6 is 0 Å². The Bertz CT molecular complexity index is 548. The minimum atomic E-state index is -4.65. The molecule has 0 fully saturated rings. The van der Waals surface area contributed by atoms with E-state index in [1.54, 1.807) is 0 Å². The number of hydrogen-bond acceptors (Lipinski definition) is 3. The van der Waals surface area contributed by atoms with Crippen molar-refractivity contribution in [3.05, 3.63) is 35.4 Å². The molecule has 0 aliphatic heterocycles. The van der Waals surface area contributed by atoms with Crippen LogP contribution < -0.4 is 11.1 Å². The van der Waals surface area contributed by atoms with E-state index in [9.17, 15) is 23.1 Å². The van der Waals surface area contributed by atoms with Gasteiger partial charge in [-0.2, -0.15) is 13.2 Å². The summed E-state index contributed by atoms with van der Waals surface area (Å²) in [6.45, 7) is 6.75. The van der Waals surface area contributed by atoms with Crippen molar-refractivity contribution in [3.63, 3.8) is 0 Å². The summed E-state index contributed by atoms with van der Waals surface area (Å²) in [4.78, 5) is 12.0. The molecule has 136 valence electrons. The summed E-state index contributed by atoms with van der Waals surface area (Å²) in [5, 5.41) is 11.9. The molecule has 0 spiro atoms. The van der Waals surface area contributed by atoms with Crippen LogP contribution in [0.5, 0.6) is 0 Å². The SMILES string of the molecule is CC(C)C[C@H](N)C(=O)N[C@@H](c1ccc(C(C)(C)O)cc1)C(F)(F)F. The topological polar surface area (TPSA) is 75.4 Å². The zero-order chi connectivity index (χ0) is 18.7. The molecule has 1 aromatic carbocycles. The number of halogens is 3. The minimum Gasteiger partial charge on any atom is -0.386 e. The van der Waals surface area contributed by atoms with E-state index in [0.29, 0.717) is 12.0 Å². The lowest BCUT2D eigenvalue weighted by molar-refractivity contribution is -0.163. The fourth-order valence-corrected chi connectivity index (χ4v) is 2.30. The van der Waals surface area contributed by atoms with Gasteiger partial charge < -0.3 is 16.2 Å². The summed E-state index contributed by atoms with van der Waals surface area (Å²) in [7, 11) is 0. The number of nitrogens with two attached hydrogens (primary N) is 1. The average Bonchev–Trinajstić information content (AvgIpc) is 2.41. The molecule has 0 saturated heterocycles. The van der Waals surface area contributed by atoms with Crippen molar-refractivity contribution in [2.75, 3.05) is 0 Å². The fraction of sp³-hybridized carbons (Fsp3) is 0.588. The maximum Gasteiger partial charge on any atom is 0.412 e. The molecule has 1 rings (SSSR count). The Morgan fingerprint density at radius 2 is 1.71 bits per heavy atom. The Hall–Kier alpha value is -1.60. The predicted molar refractivity (Wildman–Crippen MR) is 86.1 cm³/mol. The van der Waals surface area contributed by atoms with E-state index in [1.165, 1.54) is 38.1 Å². The Kier molecular flexibility index (Phi) is 6.41. The molecule has 2 atom stereocenters. The number of nitrogens with one attached hydrogen (secondary N) is 1. The minimum absolute atomic E-state index is 0.0983. The highest BCUT2D eigenvalue weighted by Gasteiger charge is 2.42. The van der Waals surface area contributed by atoms with Crippen LogP contribution in [-0.4, -0.2) is 23.2 Å². The largest absolute Gasteiger partial charge is 0.412 e. The molecule has 0 aliphatic carbocycles. The number of carbonyl (C=O) groups is 1. The molecule has 0 heterocycles. The number of hydrogen-bond donors (Lipinski definition) is 3. The lowest BCUT2D eigenvalue weighted by Gasteiger charge is -2.25. The molecule has 0 unspecified atom stereocenters. The molecule has 0 saturated carbocycles. The summed E-state index contributed by atoms with van der Waals surface area (Å²) in [6.07, 6.45) is -4.35. The summed E-state index contributed by atoms with van der Waals surface area (Å²) in [5.41, 5.74) is 4.87. The predicted octanol–water partition coefficient (Wildman–Crippen LogP) is 3.01. The average molecular weight is 346 g/mol. The summed E-state index contributed by atoms with van der Waals surface area (Å²) in [6, 6.07) is 2.19. The number of alkyl halides is 3. The van der Waals surface area contributed by atoms with Crippen molar-refractivity contribution >= 4 is 5.91 Å². The van der Waals surface area contributed by atoms with Gasteiger partial charge in [-0.05, 0) is 37.3 Å². The van der Waals surface area contributed by atoms with Gasteiger partial charge in [0.25, 0.3) is 0 Å². The van der Waals surface area contributed by atoms with Crippen LogP contribution in [0.3, 0.4) is 0 Å². The molecule has 1 aromatic rings. The smallest absolute Gasteiger partial charge is 0.386 e. The first kappa shape index (κ1) is 20.4. The number of amides is 1. The first-order chi connectivity index (χ1) is 10.8. The Labute approximate surface area is 140 Å². The normalized spacial score (nSPS) is 15.2. The van der Waals surface area contributed by atoms with Gasteiger partial charge in [0, 0.05) is 0 Å². The maximum atomic E-state index is 13.3. The molecule has 0 bridgehead atoms. The molecule has 0 aromatic heterocycles.